The molecule has 0 aliphatic carbocycles. The normalized spacial score (nSPS) is 15.4. The number of para-hydroxylation sites is 3. The van der Waals surface area contributed by atoms with Crippen LogP contribution in [0.3, 0.4) is 0 Å². The van der Waals surface area contributed by atoms with Crippen molar-refractivity contribution in [1.82, 2.24) is 9.97 Å². The summed E-state index contributed by atoms with van der Waals surface area (Å²) in [5, 5.41) is 5.34. The van der Waals surface area contributed by atoms with Crippen LogP contribution >= 0.6 is 11.3 Å². The summed E-state index contributed by atoms with van der Waals surface area (Å²) in [6.07, 6.45) is 0. The molecule has 2 aliphatic rings. The van der Waals surface area contributed by atoms with Gasteiger partial charge in [-0.2, -0.15) is 4.98 Å². The molecule has 0 radical (unpaired) electrons. The molecule has 5 aromatic carbocycles. The zero-order chi connectivity index (χ0) is 22.0. The zero-order valence-electron chi connectivity index (χ0n) is 18.0. The summed E-state index contributed by atoms with van der Waals surface area (Å²) in [5.41, 5.74) is 9.41. The SMILES string of the molecule is c1cc2c3c(c1)-c1c(c4sc5ccccc5c4c4ccccc14)[NH+]3c1nc3ccccc3nc1-2. The molecule has 9 rings (SSSR count). The summed E-state index contributed by atoms with van der Waals surface area (Å²) in [4.78, 5) is 11.6. The maximum absolute atomic E-state index is 5.20. The van der Waals surface area contributed by atoms with Gasteiger partial charge in [-0.05, 0) is 41.1 Å². The molecule has 1 unspecified atom stereocenters. The second-order valence-electron chi connectivity index (χ2n) is 9.11. The molecule has 1 atom stereocenters. The number of benzene rings is 5. The Morgan fingerprint density at radius 3 is 2.18 bits per heavy atom. The number of quaternary nitrogens is 1. The predicted octanol–water partition coefficient (Wildman–Crippen LogP) is 7.29. The number of thiophene rings is 1. The summed E-state index contributed by atoms with van der Waals surface area (Å²) in [5.74, 6) is 1.02. The lowest BCUT2D eigenvalue weighted by Crippen LogP contribution is -2.95. The summed E-state index contributed by atoms with van der Waals surface area (Å²) in [6.45, 7) is 0. The summed E-state index contributed by atoms with van der Waals surface area (Å²) < 4.78 is 2.69. The Hall–Kier alpha value is -4.12. The van der Waals surface area contributed by atoms with Crippen molar-refractivity contribution in [1.29, 1.82) is 0 Å². The van der Waals surface area contributed by atoms with Crippen LogP contribution in [-0.4, -0.2) is 9.97 Å². The van der Waals surface area contributed by atoms with Gasteiger partial charge in [0.05, 0.1) is 32.4 Å². The molecular weight excluding hydrogens is 434 g/mol. The van der Waals surface area contributed by atoms with Crippen LogP contribution < -0.4 is 4.90 Å². The molecule has 156 valence electrons. The quantitative estimate of drug-likeness (QED) is 0.263. The van der Waals surface area contributed by atoms with E-state index in [4.69, 9.17) is 9.97 Å². The number of hydrogen-bond acceptors (Lipinski definition) is 3. The Morgan fingerprint density at radius 1 is 0.588 bits per heavy atom. The highest BCUT2D eigenvalue weighted by Crippen LogP contribution is 2.55. The first-order valence-electron chi connectivity index (χ1n) is 11.5. The number of hydrogen-bond donors (Lipinski definition) is 1. The van der Waals surface area contributed by atoms with Crippen LogP contribution in [-0.2, 0) is 0 Å². The van der Waals surface area contributed by atoms with Gasteiger partial charge < -0.3 is 0 Å². The van der Waals surface area contributed by atoms with Gasteiger partial charge in [-0.1, -0.05) is 60.7 Å². The van der Waals surface area contributed by atoms with E-state index in [1.165, 1.54) is 63.9 Å². The van der Waals surface area contributed by atoms with Crippen molar-refractivity contribution in [3.63, 3.8) is 0 Å². The Balaban J connectivity index is 1.53. The molecule has 0 saturated heterocycles. The van der Waals surface area contributed by atoms with E-state index in [0.717, 1.165) is 22.5 Å². The standard InChI is InChI=1S/C30H15N3S/c1-2-9-17-16(8-1)24-19-11-7-12-20-26-30(32-22-14-5-4-13-21(22)31-26)33(27(19)20)28(24)29-25(17)18-10-3-6-15-23(18)34-29/h1-15H/p+1. The lowest BCUT2D eigenvalue weighted by atomic mass is 9.93. The van der Waals surface area contributed by atoms with E-state index in [2.05, 4.69) is 78.9 Å². The van der Waals surface area contributed by atoms with Gasteiger partial charge in [0.1, 0.15) is 0 Å². The van der Waals surface area contributed by atoms with Crippen LogP contribution in [0.5, 0.6) is 0 Å². The first-order chi connectivity index (χ1) is 16.9. The van der Waals surface area contributed by atoms with E-state index in [-0.39, 0.29) is 0 Å². The van der Waals surface area contributed by atoms with Crippen LogP contribution in [0.2, 0.25) is 0 Å². The lowest BCUT2D eigenvalue weighted by Gasteiger charge is -2.12. The van der Waals surface area contributed by atoms with Gasteiger partial charge in [-0.3, -0.25) is 0 Å². The lowest BCUT2D eigenvalue weighted by molar-refractivity contribution is -0.674. The third-order valence-corrected chi connectivity index (χ3v) is 8.62. The fraction of sp³-hybridized carbons (Fsp3) is 0. The van der Waals surface area contributed by atoms with E-state index in [0.29, 0.717) is 0 Å². The highest BCUT2D eigenvalue weighted by Gasteiger charge is 2.47. The van der Waals surface area contributed by atoms with Gasteiger partial charge in [0.2, 0.25) is 0 Å². The maximum atomic E-state index is 5.20. The first kappa shape index (κ1) is 17.4. The van der Waals surface area contributed by atoms with Crippen molar-refractivity contribution < 1.29 is 4.90 Å². The molecule has 0 fully saturated rings. The number of nitrogens with zero attached hydrogens (tertiary/aromatic N) is 2. The van der Waals surface area contributed by atoms with E-state index in [1.54, 1.807) is 0 Å². The molecule has 2 aliphatic heterocycles. The highest BCUT2D eigenvalue weighted by molar-refractivity contribution is 7.26. The number of aromatic nitrogens is 2. The molecule has 1 N–H and O–H groups in total. The molecule has 0 saturated carbocycles. The Kier molecular flexibility index (Phi) is 2.99. The molecule has 0 amide bonds. The maximum Gasteiger partial charge on any atom is 0.264 e. The summed E-state index contributed by atoms with van der Waals surface area (Å²) in [7, 11) is 0. The fourth-order valence-corrected chi connectivity index (χ4v) is 7.40. The highest BCUT2D eigenvalue weighted by atomic mass is 32.1. The number of nitrogens with one attached hydrogen (secondary N) is 1. The molecule has 0 bridgehead atoms. The average molecular weight is 451 g/mol. The molecule has 7 aromatic rings. The van der Waals surface area contributed by atoms with E-state index in [1.807, 2.05) is 23.5 Å². The monoisotopic (exact) mass is 450 g/mol. The summed E-state index contributed by atoms with van der Waals surface area (Å²) >= 11 is 1.90. The van der Waals surface area contributed by atoms with E-state index < -0.39 is 0 Å². The van der Waals surface area contributed by atoms with Gasteiger partial charge in [0.15, 0.2) is 17.1 Å². The molecular formula is C30H16N3S+. The van der Waals surface area contributed by atoms with Gasteiger partial charge in [0, 0.05) is 15.5 Å². The predicted molar refractivity (Wildman–Crippen MR) is 141 cm³/mol. The molecule has 2 aromatic heterocycles. The smallest absolute Gasteiger partial charge is 0.238 e. The van der Waals surface area contributed by atoms with Crippen molar-refractivity contribution >= 4 is 70.5 Å². The Bertz CT molecular complexity index is 2040. The van der Waals surface area contributed by atoms with Gasteiger partial charge in [-0.15, -0.1) is 11.3 Å². The van der Waals surface area contributed by atoms with Crippen molar-refractivity contribution in [3.05, 3.63) is 91.0 Å². The van der Waals surface area contributed by atoms with Gasteiger partial charge in [-0.25, -0.2) is 9.88 Å². The van der Waals surface area contributed by atoms with Crippen LogP contribution in [0.1, 0.15) is 0 Å². The van der Waals surface area contributed by atoms with Gasteiger partial charge >= 0.3 is 0 Å². The van der Waals surface area contributed by atoms with Crippen LogP contribution in [0.4, 0.5) is 17.2 Å². The minimum absolute atomic E-state index is 0.949. The molecule has 4 heteroatoms. The van der Waals surface area contributed by atoms with Crippen molar-refractivity contribution in [2.75, 3.05) is 0 Å². The largest absolute Gasteiger partial charge is 0.264 e. The fourth-order valence-electron chi connectivity index (χ4n) is 6.13. The second kappa shape index (κ2) is 5.86. The third-order valence-electron chi connectivity index (χ3n) is 7.43. The molecule has 34 heavy (non-hydrogen) atoms. The van der Waals surface area contributed by atoms with Crippen molar-refractivity contribution in [3.8, 4) is 22.4 Å². The van der Waals surface area contributed by atoms with E-state index >= 15 is 0 Å². The second-order valence-corrected chi connectivity index (χ2v) is 10.2. The number of fused-ring (bicyclic) bond motifs is 14. The minimum atomic E-state index is 0.949. The van der Waals surface area contributed by atoms with Gasteiger partial charge in [0.25, 0.3) is 5.82 Å². The third kappa shape index (κ3) is 1.90. The average Bonchev–Trinajstić information content (AvgIpc) is 3.54. The van der Waals surface area contributed by atoms with Crippen LogP contribution in [0, 0.1) is 0 Å². The molecule has 0 spiro atoms. The Morgan fingerprint density at radius 2 is 1.29 bits per heavy atom. The van der Waals surface area contributed by atoms with Crippen molar-refractivity contribution in [2.45, 2.75) is 0 Å². The van der Waals surface area contributed by atoms with Crippen LogP contribution in [0.15, 0.2) is 91.0 Å². The molecule has 3 nitrogen and oxygen atoms in total. The minimum Gasteiger partial charge on any atom is -0.238 e. The first-order valence-corrected chi connectivity index (χ1v) is 12.3. The topological polar surface area (TPSA) is 30.2 Å². The Labute approximate surface area is 198 Å². The van der Waals surface area contributed by atoms with Crippen molar-refractivity contribution in [2.24, 2.45) is 0 Å². The zero-order valence-corrected chi connectivity index (χ0v) is 18.8. The van der Waals surface area contributed by atoms with Crippen LogP contribution in [0.25, 0.3) is 64.4 Å². The number of rotatable bonds is 0. The summed E-state index contributed by atoms with van der Waals surface area (Å²) in [6, 6.07) is 32.6. The molecule has 4 heterocycles. The van der Waals surface area contributed by atoms with E-state index in [9.17, 15) is 0 Å².